The summed E-state index contributed by atoms with van der Waals surface area (Å²) in [7, 11) is 0. The lowest BCUT2D eigenvalue weighted by Crippen LogP contribution is -2.47. The number of aliphatic imine (C=N–C) groups is 1. The molecule has 3 atom stereocenters. The number of amides is 1. The Labute approximate surface area is 182 Å². The van der Waals surface area contributed by atoms with E-state index in [9.17, 15) is 4.79 Å². The molecule has 8 heteroatoms. The number of hydrogen-bond donors (Lipinski definition) is 3. The molecule has 2 aliphatic heterocycles. The largest absolute Gasteiger partial charge is 0.373 e. The van der Waals surface area contributed by atoms with Crippen LogP contribution in [-0.4, -0.2) is 43.2 Å². The van der Waals surface area contributed by atoms with Gasteiger partial charge in [-0.05, 0) is 50.8 Å². The maximum Gasteiger partial charge on any atom is 0.226 e. The van der Waals surface area contributed by atoms with E-state index >= 15 is 0 Å². The molecule has 0 radical (unpaired) electrons. The van der Waals surface area contributed by atoms with Gasteiger partial charge in [0.05, 0.1) is 35.5 Å². The molecule has 1 aromatic rings. The fraction of sp³-hybridized carbons (Fsp3) is 0.579. The van der Waals surface area contributed by atoms with E-state index in [0.717, 1.165) is 37.3 Å². The zero-order valence-electron chi connectivity index (χ0n) is 15.8. The number of rotatable bonds is 6. The summed E-state index contributed by atoms with van der Waals surface area (Å²) in [6.07, 6.45) is 4.29. The van der Waals surface area contributed by atoms with Crippen LogP contribution in [0.1, 0.15) is 38.2 Å². The van der Waals surface area contributed by atoms with Crippen LogP contribution in [-0.2, 0) is 9.53 Å². The first-order valence-electron chi connectivity index (χ1n) is 9.31. The third-order valence-corrected chi connectivity index (χ3v) is 5.09. The Morgan fingerprint density at radius 1 is 1.37 bits per heavy atom. The fourth-order valence-electron chi connectivity index (χ4n) is 3.49. The molecule has 2 saturated heterocycles. The number of nitrogens with one attached hydrogen (secondary N) is 3. The average molecular weight is 507 g/mol. The van der Waals surface area contributed by atoms with Gasteiger partial charge in [-0.2, -0.15) is 0 Å². The number of benzene rings is 1. The van der Waals surface area contributed by atoms with Gasteiger partial charge in [-0.1, -0.05) is 17.7 Å². The highest BCUT2D eigenvalue weighted by atomic mass is 127. The second kappa shape index (κ2) is 10.5. The maximum atomic E-state index is 12.1. The predicted octanol–water partition coefficient (Wildman–Crippen LogP) is 3.47. The Hall–Kier alpha value is -1.06. The first kappa shape index (κ1) is 22.2. The van der Waals surface area contributed by atoms with Crippen LogP contribution >= 0.6 is 35.6 Å². The van der Waals surface area contributed by atoms with Crippen LogP contribution in [0.2, 0.25) is 5.02 Å². The summed E-state index contributed by atoms with van der Waals surface area (Å²) in [6.45, 7) is 5.17. The first-order chi connectivity index (χ1) is 12.5. The number of fused-ring (bicyclic) bond motifs is 2. The minimum absolute atomic E-state index is 0. The number of nitrogens with zero attached hydrogens (tertiary/aromatic N) is 1. The van der Waals surface area contributed by atoms with Gasteiger partial charge >= 0.3 is 0 Å². The minimum atomic E-state index is -0.0985. The zero-order valence-corrected chi connectivity index (χ0v) is 18.8. The number of hydrogen-bond acceptors (Lipinski definition) is 3. The van der Waals surface area contributed by atoms with Crippen molar-refractivity contribution in [3.63, 3.8) is 0 Å². The lowest BCUT2D eigenvalue weighted by atomic mass is 9.96. The molecule has 0 spiro atoms. The Morgan fingerprint density at radius 3 is 2.81 bits per heavy atom. The van der Waals surface area contributed by atoms with E-state index in [2.05, 4.69) is 20.9 Å². The number of aryl methyl sites for hydroxylation is 1. The van der Waals surface area contributed by atoms with Crippen molar-refractivity contribution in [3.05, 3.63) is 28.8 Å². The molecule has 3 unspecified atom stereocenters. The highest BCUT2D eigenvalue weighted by molar-refractivity contribution is 14.0. The number of anilines is 1. The number of halogens is 2. The van der Waals surface area contributed by atoms with Crippen LogP contribution in [0.5, 0.6) is 0 Å². The molecule has 1 aromatic carbocycles. The number of carbonyl (C=O) groups is 1. The second-order valence-electron chi connectivity index (χ2n) is 6.90. The lowest BCUT2D eigenvalue weighted by molar-refractivity contribution is -0.116. The Balaban J connectivity index is 0.00000261. The van der Waals surface area contributed by atoms with E-state index in [4.69, 9.17) is 16.3 Å². The van der Waals surface area contributed by atoms with Crippen molar-refractivity contribution >= 4 is 53.1 Å². The Bertz CT molecular complexity index is 686. The van der Waals surface area contributed by atoms with Crippen LogP contribution in [0.15, 0.2) is 23.2 Å². The monoisotopic (exact) mass is 506 g/mol. The van der Waals surface area contributed by atoms with Crippen LogP contribution in [0.25, 0.3) is 0 Å². The molecule has 150 valence electrons. The fourth-order valence-corrected chi connectivity index (χ4v) is 3.77. The van der Waals surface area contributed by atoms with E-state index in [-0.39, 0.29) is 36.0 Å². The summed E-state index contributed by atoms with van der Waals surface area (Å²) in [4.78, 5) is 16.7. The molecule has 2 fully saturated rings. The highest BCUT2D eigenvalue weighted by Crippen LogP contribution is 2.34. The third kappa shape index (κ3) is 6.22. The molecule has 6 nitrogen and oxygen atoms in total. The quantitative estimate of drug-likeness (QED) is 0.314. The molecule has 2 aliphatic rings. The Kier molecular flexibility index (Phi) is 8.62. The molecule has 0 saturated carbocycles. The van der Waals surface area contributed by atoms with Crippen molar-refractivity contribution in [2.24, 2.45) is 4.99 Å². The van der Waals surface area contributed by atoms with E-state index < -0.39 is 0 Å². The van der Waals surface area contributed by atoms with Gasteiger partial charge in [0, 0.05) is 13.0 Å². The Morgan fingerprint density at radius 2 is 2.19 bits per heavy atom. The first-order valence-corrected chi connectivity index (χ1v) is 9.69. The van der Waals surface area contributed by atoms with E-state index in [1.165, 1.54) is 0 Å². The predicted molar refractivity (Wildman–Crippen MR) is 120 cm³/mol. The molecule has 3 rings (SSSR count). The molecule has 2 heterocycles. The van der Waals surface area contributed by atoms with E-state index in [0.29, 0.717) is 35.8 Å². The summed E-state index contributed by atoms with van der Waals surface area (Å²) in [5, 5.41) is 10.1. The number of guanidine groups is 1. The average Bonchev–Trinajstić information content (AvgIpc) is 3.20. The van der Waals surface area contributed by atoms with Crippen molar-refractivity contribution < 1.29 is 9.53 Å². The van der Waals surface area contributed by atoms with E-state index in [1.54, 1.807) is 0 Å². The standard InChI is InChI=1S/C19H27ClN4O2.HI/c1-3-21-19(24-16-11-13-5-7-17(16)26-13)22-9-8-18(25)23-15-6-4-12(2)10-14(15)20;/h4,6,10,13,16-17H,3,5,7-9,11H2,1-2H3,(H,23,25)(H2,21,22,24);1H. The van der Waals surface area contributed by atoms with Gasteiger partial charge in [0.15, 0.2) is 5.96 Å². The van der Waals surface area contributed by atoms with Crippen LogP contribution in [0, 0.1) is 6.92 Å². The summed E-state index contributed by atoms with van der Waals surface area (Å²) in [5.74, 6) is 0.647. The van der Waals surface area contributed by atoms with Crippen LogP contribution < -0.4 is 16.0 Å². The number of carbonyl (C=O) groups excluding carboxylic acids is 1. The summed E-state index contributed by atoms with van der Waals surface area (Å²) in [6, 6.07) is 5.88. The van der Waals surface area contributed by atoms with Crippen molar-refractivity contribution in [3.8, 4) is 0 Å². The smallest absolute Gasteiger partial charge is 0.226 e. The molecular formula is C19H28ClIN4O2. The van der Waals surface area contributed by atoms with Crippen molar-refractivity contribution in [2.45, 2.75) is 57.8 Å². The van der Waals surface area contributed by atoms with Crippen molar-refractivity contribution in [1.82, 2.24) is 10.6 Å². The van der Waals surface area contributed by atoms with Gasteiger partial charge in [-0.15, -0.1) is 24.0 Å². The topological polar surface area (TPSA) is 74.8 Å². The summed E-state index contributed by atoms with van der Waals surface area (Å²) >= 11 is 6.15. The minimum Gasteiger partial charge on any atom is -0.373 e. The second-order valence-corrected chi connectivity index (χ2v) is 7.31. The van der Waals surface area contributed by atoms with Crippen molar-refractivity contribution in [2.75, 3.05) is 18.4 Å². The molecule has 1 amide bonds. The lowest BCUT2D eigenvalue weighted by Gasteiger charge is -2.22. The summed E-state index contributed by atoms with van der Waals surface area (Å²) in [5.41, 5.74) is 1.69. The molecule has 0 aromatic heterocycles. The van der Waals surface area contributed by atoms with Crippen LogP contribution in [0.4, 0.5) is 5.69 Å². The van der Waals surface area contributed by atoms with Gasteiger partial charge in [0.2, 0.25) is 5.91 Å². The summed E-state index contributed by atoms with van der Waals surface area (Å²) < 4.78 is 5.87. The highest BCUT2D eigenvalue weighted by Gasteiger charge is 2.41. The van der Waals surface area contributed by atoms with Crippen LogP contribution in [0.3, 0.4) is 0 Å². The van der Waals surface area contributed by atoms with E-state index in [1.807, 2.05) is 32.0 Å². The number of ether oxygens (including phenoxy) is 1. The SMILES string of the molecule is CCNC(=NCCC(=O)Nc1ccc(C)cc1Cl)NC1CC2CCC1O2.I. The molecule has 3 N–H and O–H groups in total. The van der Waals surface area contributed by atoms with Gasteiger partial charge in [-0.3, -0.25) is 9.79 Å². The van der Waals surface area contributed by atoms with Gasteiger partial charge in [0.1, 0.15) is 0 Å². The van der Waals surface area contributed by atoms with Gasteiger partial charge in [0.25, 0.3) is 0 Å². The normalized spacial score (nSPS) is 23.7. The molecule has 0 aliphatic carbocycles. The van der Waals surface area contributed by atoms with Crippen molar-refractivity contribution in [1.29, 1.82) is 0 Å². The molecular weight excluding hydrogens is 479 g/mol. The molecule has 27 heavy (non-hydrogen) atoms. The van der Waals surface area contributed by atoms with Gasteiger partial charge < -0.3 is 20.7 Å². The zero-order chi connectivity index (χ0) is 18.5. The molecule has 2 bridgehead atoms. The van der Waals surface area contributed by atoms with Gasteiger partial charge in [-0.25, -0.2) is 0 Å². The maximum absolute atomic E-state index is 12.1. The third-order valence-electron chi connectivity index (χ3n) is 4.78.